The molecule has 0 fully saturated rings. The van der Waals surface area contributed by atoms with Crippen LogP contribution in [0.4, 0.5) is 5.00 Å². The molecule has 7 nitrogen and oxygen atoms in total. The number of nitrogens with zero attached hydrogens (tertiary/aromatic N) is 3. The van der Waals surface area contributed by atoms with Crippen LogP contribution in [0.25, 0.3) is 11.4 Å². The number of thiophene rings is 1. The van der Waals surface area contributed by atoms with Crippen molar-refractivity contribution in [1.82, 2.24) is 20.1 Å². The molecule has 5 rings (SSSR count). The number of benzene rings is 2. The van der Waals surface area contributed by atoms with E-state index in [1.165, 1.54) is 28.0 Å². The van der Waals surface area contributed by atoms with Gasteiger partial charge in [-0.05, 0) is 43.7 Å². The summed E-state index contributed by atoms with van der Waals surface area (Å²) in [6.07, 6.45) is 3.98. The fourth-order valence-electron chi connectivity index (χ4n) is 4.53. The van der Waals surface area contributed by atoms with Crippen molar-refractivity contribution >= 4 is 39.9 Å². The Morgan fingerprint density at radius 3 is 2.49 bits per heavy atom. The van der Waals surface area contributed by atoms with Gasteiger partial charge < -0.3 is 15.2 Å². The second-order valence-corrected chi connectivity index (χ2v) is 10.9. The number of aryl methyl sites for hydroxylation is 1. The van der Waals surface area contributed by atoms with Crippen LogP contribution in [0.1, 0.15) is 46.1 Å². The summed E-state index contributed by atoms with van der Waals surface area (Å²) in [5.41, 5.74) is 3.74. The Morgan fingerprint density at radius 1 is 1.00 bits per heavy atom. The zero-order valence-electron chi connectivity index (χ0n) is 20.7. The molecule has 0 saturated heterocycles. The molecule has 190 valence electrons. The minimum atomic E-state index is -0.160. The summed E-state index contributed by atoms with van der Waals surface area (Å²) in [7, 11) is 0. The number of amides is 2. The minimum Gasteiger partial charge on any atom is -0.348 e. The number of carbonyl (C=O) groups is 2. The van der Waals surface area contributed by atoms with Crippen molar-refractivity contribution in [3.05, 3.63) is 82.2 Å². The highest BCUT2D eigenvalue weighted by Crippen LogP contribution is 2.38. The molecule has 0 aliphatic heterocycles. The molecule has 9 heteroatoms. The Morgan fingerprint density at radius 2 is 1.73 bits per heavy atom. The van der Waals surface area contributed by atoms with Crippen molar-refractivity contribution in [3.8, 4) is 11.4 Å². The molecule has 0 unspecified atom stereocenters. The second-order valence-electron chi connectivity index (χ2n) is 8.84. The number of fused-ring (bicyclic) bond motifs is 1. The number of rotatable bonds is 9. The lowest BCUT2D eigenvalue weighted by Crippen LogP contribution is -2.25. The third kappa shape index (κ3) is 5.78. The molecule has 0 spiro atoms. The summed E-state index contributed by atoms with van der Waals surface area (Å²) in [6, 6.07) is 19.8. The van der Waals surface area contributed by atoms with E-state index in [0.29, 0.717) is 28.8 Å². The summed E-state index contributed by atoms with van der Waals surface area (Å²) in [4.78, 5) is 27.5. The molecule has 2 N–H and O–H groups in total. The summed E-state index contributed by atoms with van der Waals surface area (Å²) in [5, 5.41) is 16.1. The van der Waals surface area contributed by atoms with Gasteiger partial charge in [0.25, 0.3) is 5.91 Å². The third-order valence-electron chi connectivity index (χ3n) is 6.34. The summed E-state index contributed by atoms with van der Waals surface area (Å²) >= 11 is 2.89. The van der Waals surface area contributed by atoms with Crippen molar-refractivity contribution in [2.45, 2.75) is 50.9 Å². The maximum absolute atomic E-state index is 13.3. The van der Waals surface area contributed by atoms with Crippen molar-refractivity contribution in [3.63, 3.8) is 0 Å². The zero-order valence-corrected chi connectivity index (χ0v) is 22.3. The quantitative estimate of drug-likeness (QED) is 0.276. The lowest BCUT2D eigenvalue weighted by molar-refractivity contribution is -0.113. The fraction of sp³-hybridized carbons (Fsp3) is 0.286. The summed E-state index contributed by atoms with van der Waals surface area (Å²) in [6.45, 7) is 3.19. The standard InChI is InChI=1S/C28H29N5O2S2/c1-2-33-25(20-13-7-4-8-14-20)31-32-28(33)36-18-23(34)30-27-24(21-15-9-10-16-22(21)37-27)26(35)29-17-19-11-5-3-6-12-19/h3-8,11-14H,2,9-10,15-18H2,1H3,(H,29,35)(H,30,34). The fourth-order valence-corrected chi connectivity index (χ4v) is 6.64. The van der Waals surface area contributed by atoms with E-state index in [-0.39, 0.29) is 17.6 Å². The Kier molecular flexibility index (Phi) is 8.01. The molecule has 2 heterocycles. The Labute approximate surface area is 224 Å². The molecule has 2 aromatic heterocycles. The van der Waals surface area contributed by atoms with Crippen LogP contribution in [0.15, 0.2) is 65.8 Å². The second kappa shape index (κ2) is 11.7. The first kappa shape index (κ1) is 25.2. The molecule has 2 amide bonds. The average molecular weight is 532 g/mol. The first-order chi connectivity index (χ1) is 18.1. The minimum absolute atomic E-state index is 0.135. The first-order valence-corrected chi connectivity index (χ1v) is 14.3. The van der Waals surface area contributed by atoms with Gasteiger partial charge in [-0.15, -0.1) is 21.5 Å². The number of carbonyl (C=O) groups excluding carboxylic acids is 2. The Bertz CT molecular complexity index is 1380. The average Bonchev–Trinajstić information content (AvgIpc) is 3.52. The van der Waals surface area contributed by atoms with E-state index >= 15 is 0 Å². The number of hydrogen-bond acceptors (Lipinski definition) is 6. The highest BCUT2D eigenvalue weighted by molar-refractivity contribution is 7.99. The third-order valence-corrected chi connectivity index (χ3v) is 8.52. The van der Waals surface area contributed by atoms with Gasteiger partial charge >= 0.3 is 0 Å². The van der Waals surface area contributed by atoms with Gasteiger partial charge in [-0.25, -0.2) is 0 Å². The SMILES string of the molecule is CCn1c(SCC(=O)Nc2sc3c(c2C(=O)NCc2ccccc2)CCCC3)nnc1-c1ccccc1. The normalized spacial score (nSPS) is 12.7. The van der Waals surface area contributed by atoms with E-state index in [0.717, 1.165) is 48.2 Å². The largest absolute Gasteiger partial charge is 0.348 e. The highest BCUT2D eigenvalue weighted by atomic mass is 32.2. The van der Waals surface area contributed by atoms with Crippen molar-refractivity contribution < 1.29 is 9.59 Å². The molecule has 1 aliphatic rings. The number of anilines is 1. The molecule has 0 saturated carbocycles. The van der Waals surface area contributed by atoms with E-state index in [1.807, 2.05) is 72.2 Å². The van der Waals surface area contributed by atoms with Gasteiger partial charge in [-0.1, -0.05) is 72.4 Å². The molecule has 0 bridgehead atoms. The smallest absolute Gasteiger partial charge is 0.254 e. The van der Waals surface area contributed by atoms with Gasteiger partial charge in [-0.2, -0.15) is 0 Å². The number of aromatic nitrogens is 3. The molecule has 37 heavy (non-hydrogen) atoms. The predicted octanol–water partition coefficient (Wildman–Crippen LogP) is 5.57. The van der Waals surface area contributed by atoms with Gasteiger partial charge in [0, 0.05) is 23.5 Å². The summed E-state index contributed by atoms with van der Waals surface area (Å²) < 4.78 is 2.01. The van der Waals surface area contributed by atoms with Crippen molar-refractivity contribution in [2.24, 2.45) is 0 Å². The van der Waals surface area contributed by atoms with E-state index < -0.39 is 0 Å². The van der Waals surface area contributed by atoms with Crippen LogP contribution in [0, 0.1) is 0 Å². The number of thioether (sulfide) groups is 1. The highest BCUT2D eigenvalue weighted by Gasteiger charge is 2.26. The molecular formula is C28H29N5O2S2. The van der Waals surface area contributed by atoms with E-state index in [4.69, 9.17) is 0 Å². The van der Waals surface area contributed by atoms with E-state index in [1.54, 1.807) is 0 Å². The molecule has 4 aromatic rings. The van der Waals surface area contributed by atoms with Gasteiger partial charge in [0.2, 0.25) is 5.91 Å². The predicted molar refractivity (Wildman–Crippen MR) is 149 cm³/mol. The van der Waals surface area contributed by atoms with Crippen LogP contribution < -0.4 is 10.6 Å². The Balaban J connectivity index is 1.29. The zero-order chi connectivity index (χ0) is 25.6. The van der Waals surface area contributed by atoms with Gasteiger partial charge in [0.05, 0.1) is 11.3 Å². The van der Waals surface area contributed by atoms with Crippen LogP contribution in [0.5, 0.6) is 0 Å². The molecule has 2 aromatic carbocycles. The van der Waals surface area contributed by atoms with Crippen LogP contribution in [-0.4, -0.2) is 32.3 Å². The van der Waals surface area contributed by atoms with Gasteiger partial charge in [0.15, 0.2) is 11.0 Å². The topological polar surface area (TPSA) is 88.9 Å². The van der Waals surface area contributed by atoms with Crippen LogP contribution in [0.3, 0.4) is 0 Å². The van der Waals surface area contributed by atoms with Crippen LogP contribution >= 0.6 is 23.1 Å². The van der Waals surface area contributed by atoms with Crippen molar-refractivity contribution in [2.75, 3.05) is 11.1 Å². The molecular weight excluding hydrogens is 502 g/mol. The van der Waals surface area contributed by atoms with Gasteiger partial charge in [-0.3, -0.25) is 9.59 Å². The summed E-state index contributed by atoms with van der Waals surface area (Å²) in [5.74, 6) is 0.673. The lowest BCUT2D eigenvalue weighted by atomic mass is 9.95. The van der Waals surface area contributed by atoms with Crippen molar-refractivity contribution in [1.29, 1.82) is 0 Å². The molecule has 0 radical (unpaired) electrons. The number of hydrogen-bond donors (Lipinski definition) is 2. The molecule has 1 aliphatic carbocycles. The van der Waals surface area contributed by atoms with E-state index in [9.17, 15) is 9.59 Å². The monoisotopic (exact) mass is 531 g/mol. The maximum atomic E-state index is 13.3. The van der Waals surface area contributed by atoms with Gasteiger partial charge in [0.1, 0.15) is 5.00 Å². The maximum Gasteiger partial charge on any atom is 0.254 e. The van der Waals surface area contributed by atoms with E-state index in [2.05, 4.69) is 20.8 Å². The number of nitrogens with one attached hydrogen (secondary N) is 2. The Hall–Kier alpha value is -3.43. The van der Waals surface area contributed by atoms with Crippen LogP contribution in [-0.2, 0) is 30.7 Å². The van der Waals surface area contributed by atoms with Crippen LogP contribution in [0.2, 0.25) is 0 Å². The first-order valence-electron chi connectivity index (χ1n) is 12.5. The lowest BCUT2D eigenvalue weighted by Gasteiger charge is -2.13. The molecule has 0 atom stereocenters.